The van der Waals surface area contributed by atoms with Gasteiger partial charge in [-0.05, 0) is 72.9 Å². The Morgan fingerprint density at radius 1 is 1.38 bits per heavy atom. The minimum atomic E-state index is -0.484. The molecule has 0 bridgehead atoms. The van der Waals surface area contributed by atoms with Crippen LogP contribution in [0, 0.1) is 11.3 Å². The third kappa shape index (κ3) is 3.95. The van der Waals surface area contributed by atoms with Crippen LogP contribution in [0.5, 0.6) is 0 Å². The number of ether oxygens (including phenoxy) is 1. The number of nitrogens with zero attached hydrogens (tertiary/aromatic N) is 4. The lowest BCUT2D eigenvalue weighted by Gasteiger charge is -2.31. The van der Waals surface area contributed by atoms with E-state index in [4.69, 9.17) is 9.15 Å². The van der Waals surface area contributed by atoms with Crippen molar-refractivity contribution in [3.8, 4) is 0 Å². The molecule has 0 saturated heterocycles. The number of carbonyl (C=O) groups excluding carboxylic acids is 1. The molecular weight excluding hydrogens is 370 g/mol. The standard InChI is InChI=1S/C21H31N5O3/c1-4-14(2)26-19(23-24-25-26)18(16-9-10-17(29-16)20(27)28-3)22-13-21(15-7-8-15)11-5-6-12-21/h9-10,14-15,18,22H,4-8,11-13H2,1-3H3. The van der Waals surface area contributed by atoms with E-state index in [1.165, 1.54) is 45.6 Å². The number of nitrogens with one attached hydrogen (secondary N) is 1. The summed E-state index contributed by atoms with van der Waals surface area (Å²) in [6.45, 7) is 5.12. The molecule has 8 nitrogen and oxygen atoms in total. The van der Waals surface area contributed by atoms with Crippen molar-refractivity contribution in [3.63, 3.8) is 0 Å². The molecule has 158 valence electrons. The van der Waals surface area contributed by atoms with Crippen LogP contribution in [0.3, 0.4) is 0 Å². The Labute approximate surface area is 171 Å². The van der Waals surface area contributed by atoms with Gasteiger partial charge in [-0.25, -0.2) is 9.48 Å². The highest BCUT2D eigenvalue weighted by molar-refractivity contribution is 5.86. The zero-order valence-corrected chi connectivity index (χ0v) is 17.6. The van der Waals surface area contributed by atoms with Gasteiger partial charge < -0.3 is 14.5 Å². The third-order valence-electron chi connectivity index (χ3n) is 6.78. The highest BCUT2D eigenvalue weighted by Crippen LogP contribution is 2.54. The summed E-state index contributed by atoms with van der Waals surface area (Å²) in [7, 11) is 1.35. The predicted octanol–water partition coefficient (Wildman–Crippen LogP) is 3.67. The van der Waals surface area contributed by atoms with Gasteiger partial charge in [-0.15, -0.1) is 5.10 Å². The topological polar surface area (TPSA) is 95.1 Å². The van der Waals surface area contributed by atoms with E-state index in [0.29, 0.717) is 17.0 Å². The monoisotopic (exact) mass is 401 g/mol. The molecule has 0 amide bonds. The molecule has 2 atom stereocenters. The predicted molar refractivity (Wildman–Crippen MR) is 106 cm³/mol. The summed E-state index contributed by atoms with van der Waals surface area (Å²) in [5.41, 5.74) is 0.366. The van der Waals surface area contributed by atoms with Gasteiger partial charge in [-0.3, -0.25) is 0 Å². The summed E-state index contributed by atoms with van der Waals surface area (Å²) in [5.74, 6) is 1.88. The summed E-state index contributed by atoms with van der Waals surface area (Å²) >= 11 is 0. The Kier molecular flexibility index (Phi) is 5.72. The van der Waals surface area contributed by atoms with Crippen LogP contribution in [-0.2, 0) is 4.74 Å². The normalized spacial score (nSPS) is 20.5. The van der Waals surface area contributed by atoms with Crippen LogP contribution in [-0.4, -0.2) is 39.8 Å². The molecule has 2 aromatic heterocycles. The van der Waals surface area contributed by atoms with E-state index in [-0.39, 0.29) is 17.8 Å². The second-order valence-corrected chi connectivity index (χ2v) is 8.59. The van der Waals surface area contributed by atoms with Crippen molar-refractivity contribution < 1.29 is 13.9 Å². The molecule has 0 aromatic carbocycles. The van der Waals surface area contributed by atoms with Crippen molar-refractivity contribution in [2.24, 2.45) is 11.3 Å². The van der Waals surface area contributed by atoms with Crippen molar-refractivity contribution in [1.29, 1.82) is 0 Å². The van der Waals surface area contributed by atoms with Gasteiger partial charge in [0, 0.05) is 6.54 Å². The molecule has 2 saturated carbocycles. The first kappa shape index (κ1) is 20.1. The molecule has 2 aliphatic rings. The molecule has 0 radical (unpaired) electrons. The Morgan fingerprint density at radius 3 is 2.79 bits per heavy atom. The number of carbonyl (C=O) groups is 1. The summed E-state index contributed by atoms with van der Waals surface area (Å²) in [5, 5.41) is 16.2. The SMILES string of the molecule is CCC(C)n1nnnc1C(NCC1(C2CC2)CCCC1)c1ccc(C(=O)OC)o1. The molecule has 2 aliphatic carbocycles. The minimum absolute atomic E-state index is 0.170. The largest absolute Gasteiger partial charge is 0.463 e. The number of esters is 1. The average molecular weight is 402 g/mol. The van der Waals surface area contributed by atoms with Crippen molar-refractivity contribution in [3.05, 3.63) is 29.5 Å². The molecule has 2 heterocycles. The van der Waals surface area contributed by atoms with Gasteiger partial charge in [0.1, 0.15) is 11.8 Å². The zero-order valence-electron chi connectivity index (χ0n) is 17.6. The van der Waals surface area contributed by atoms with Gasteiger partial charge in [-0.2, -0.15) is 0 Å². The molecule has 29 heavy (non-hydrogen) atoms. The Hall–Kier alpha value is -2.22. The molecule has 0 spiro atoms. The first-order chi connectivity index (χ1) is 14.1. The summed E-state index contributed by atoms with van der Waals surface area (Å²) in [4.78, 5) is 11.9. The number of rotatable bonds is 9. The van der Waals surface area contributed by atoms with Crippen molar-refractivity contribution in [2.75, 3.05) is 13.7 Å². The lowest BCUT2D eigenvalue weighted by molar-refractivity contribution is 0.0562. The highest BCUT2D eigenvalue weighted by Gasteiger charge is 2.47. The van der Waals surface area contributed by atoms with Crippen LogP contribution in [0.4, 0.5) is 0 Å². The molecule has 2 aromatic rings. The van der Waals surface area contributed by atoms with E-state index in [2.05, 4.69) is 34.7 Å². The lowest BCUT2D eigenvalue weighted by atomic mass is 9.80. The van der Waals surface area contributed by atoms with E-state index < -0.39 is 5.97 Å². The van der Waals surface area contributed by atoms with Crippen molar-refractivity contribution >= 4 is 5.97 Å². The van der Waals surface area contributed by atoms with Crippen LogP contribution in [0.25, 0.3) is 0 Å². The number of methoxy groups -OCH3 is 1. The summed E-state index contributed by atoms with van der Waals surface area (Å²) < 4.78 is 12.5. The maximum atomic E-state index is 11.9. The van der Waals surface area contributed by atoms with E-state index in [1.54, 1.807) is 6.07 Å². The molecular formula is C21H31N5O3. The molecule has 4 rings (SSSR count). The van der Waals surface area contributed by atoms with Gasteiger partial charge in [-0.1, -0.05) is 19.8 Å². The fourth-order valence-corrected chi connectivity index (χ4v) is 4.72. The van der Waals surface area contributed by atoms with Crippen LogP contribution in [0.1, 0.15) is 93.0 Å². The number of hydrogen-bond donors (Lipinski definition) is 1. The van der Waals surface area contributed by atoms with Crippen LogP contribution >= 0.6 is 0 Å². The Bertz CT molecular complexity index is 835. The average Bonchev–Trinajstić information content (AvgIpc) is 3.16. The first-order valence-corrected chi connectivity index (χ1v) is 10.8. The van der Waals surface area contributed by atoms with E-state index in [9.17, 15) is 4.79 Å². The number of furan rings is 1. The van der Waals surface area contributed by atoms with Crippen molar-refractivity contribution in [1.82, 2.24) is 25.5 Å². The van der Waals surface area contributed by atoms with Crippen molar-refractivity contribution in [2.45, 2.75) is 70.9 Å². The highest BCUT2D eigenvalue weighted by atomic mass is 16.5. The number of aromatic nitrogens is 4. The fraction of sp³-hybridized carbons (Fsp3) is 0.714. The second kappa shape index (κ2) is 8.26. The van der Waals surface area contributed by atoms with Gasteiger partial charge >= 0.3 is 5.97 Å². The Balaban J connectivity index is 1.63. The van der Waals surface area contributed by atoms with Crippen LogP contribution < -0.4 is 5.32 Å². The fourth-order valence-electron chi connectivity index (χ4n) is 4.72. The lowest BCUT2D eigenvalue weighted by Crippen LogP contribution is -2.37. The van der Waals surface area contributed by atoms with E-state index >= 15 is 0 Å². The zero-order chi connectivity index (χ0) is 20.4. The smallest absolute Gasteiger partial charge is 0.373 e. The van der Waals surface area contributed by atoms with E-state index in [0.717, 1.165) is 18.9 Å². The number of hydrogen-bond acceptors (Lipinski definition) is 7. The third-order valence-corrected chi connectivity index (χ3v) is 6.78. The second-order valence-electron chi connectivity index (χ2n) is 8.59. The molecule has 1 N–H and O–H groups in total. The van der Waals surface area contributed by atoms with E-state index in [1.807, 2.05) is 10.7 Å². The van der Waals surface area contributed by atoms with Gasteiger partial charge in [0.15, 0.2) is 5.82 Å². The van der Waals surface area contributed by atoms with Gasteiger partial charge in [0.05, 0.1) is 13.2 Å². The molecule has 2 fully saturated rings. The van der Waals surface area contributed by atoms with Gasteiger partial charge in [0.2, 0.25) is 5.76 Å². The maximum absolute atomic E-state index is 11.9. The van der Waals surface area contributed by atoms with Crippen LogP contribution in [0.15, 0.2) is 16.5 Å². The first-order valence-electron chi connectivity index (χ1n) is 10.8. The van der Waals surface area contributed by atoms with Gasteiger partial charge in [0.25, 0.3) is 0 Å². The maximum Gasteiger partial charge on any atom is 0.373 e. The molecule has 0 aliphatic heterocycles. The quantitative estimate of drug-likeness (QED) is 0.641. The summed E-state index contributed by atoms with van der Waals surface area (Å²) in [6.07, 6.45) is 8.76. The summed E-state index contributed by atoms with van der Waals surface area (Å²) in [6, 6.07) is 3.33. The van der Waals surface area contributed by atoms with Crippen LogP contribution in [0.2, 0.25) is 0 Å². The molecule has 8 heteroatoms. The molecule has 2 unspecified atom stereocenters. The number of tetrazole rings is 1. The minimum Gasteiger partial charge on any atom is -0.463 e. The Morgan fingerprint density at radius 2 is 2.14 bits per heavy atom.